The molecule has 1 heterocycles. The molecule has 6 heteroatoms. The number of nitrogens with two attached hydrogens (primary N) is 1. The molecular weight excluding hydrogens is 244 g/mol. The lowest BCUT2D eigenvalue weighted by Gasteiger charge is -2.31. The molecule has 2 rings (SSSR count). The molecule has 0 unspecified atom stereocenters. The number of aliphatic hydroxyl groups is 1. The summed E-state index contributed by atoms with van der Waals surface area (Å²) in [5.41, 5.74) is 6.45. The van der Waals surface area contributed by atoms with Crippen molar-refractivity contribution in [3.8, 4) is 0 Å². The Balaban J connectivity index is 1.95. The number of aromatic nitrogens is 2. The van der Waals surface area contributed by atoms with E-state index in [1.807, 2.05) is 6.92 Å². The van der Waals surface area contributed by atoms with E-state index in [-0.39, 0.29) is 18.1 Å². The zero-order chi connectivity index (χ0) is 13.9. The maximum Gasteiger partial charge on any atom is 0.274 e. The Labute approximate surface area is 112 Å². The van der Waals surface area contributed by atoms with Gasteiger partial charge >= 0.3 is 0 Å². The molecule has 19 heavy (non-hydrogen) atoms. The molecule has 5 N–H and O–H groups in total. The summed E-state index contributed by atoms with van der Waals surface area (Å²) in [4.78, 5) is 12.0. The van der Waals surface area contributed by atoms with Gasteiger partial charge < -0.3 is 16.2 Å². The Morgan fingerprint density at radius 2 is 2.16 bits per heavy atom. The fourth-order valence-corrected chi connectivity index (χ4v) is 2.54. The van der Waals surface area contributed by atoms with Gasteiger partial charge in [0.15, 0.2) is 5.69 Å². The van der Waals surface area contributed by atoms with E-state index in [9.17, 15) is 9.90 Å². The van der Waals surface area contributed by atoms with Gasteiger partial charge in [0.2, 0.25) is 0 Å². The summed E-state index contributed by atoms with van der Waals surface area (Å²) in [6.07, 6.45) is 5.36. The molecule has 106 valence electrons. The van der Waals surface area contributed by atoms with E-state index in [0.717, 1.165) is 37.8 Å². The minimum atomic E-state index is -0.771. The van der Waals surface area contributed by atoms with Gasteiger partial charge in [-0.3, -0.25) is 9.89 Å². The molecule has 0 aromatic carbocycles. The van der Waals surface area contributed by atoms with Crippen LogP contribution in [0.4, 0.5) is 5.69 Å². The summed E-state index contributed by atoms with van der Waals surface area (Å²) in [6, 6.07) is 0. The SMILES string of the molecule is CCc1[nH]nc(C(=O)NCC2(O)CCCCC2)c1N. The topological polar surface area (TPSA) is 104 Å². The predicted octanol–water partition coefficient (Wildman–Crippen LogP) is 0.979. The number of hydrogen-bond acceptors (Lipinski definition) is 4. The first kappa shape index (κ1) is 13.9. The highest BCUT2D eigenvalue weighted by Crippen LogP contribution is 2.27. The fraction of sp³-hybridized carbons (Fsp3) is 0.692. The van der Waals surface area contributed by atoms with E-state index < -0.39 is 5.60 Å². The van der Waals surface area contributed by atoms with Crippen LogP contribution in [-0.4, -0.2) is 33.4 Å². The zero-order valence-corrected chi connectivity index (χ0v) is 11.3. The largest absolute Gasteiger partial charge is 0.395 e. The van der Waals surface area contributed by atoms with E-state index >= 15 is 0 Å². The van der Waals surface area contributed by atoms with Crippen LogP contribution in [0.1, 0.15) is 55.2 Å². The number of H-pyrrole nitrogens is 1. The van der Waals surface area contributed by atoms with Crippen molar-refractivity contribution < 1.29 is 9.90 Å². The van der Waals surface area contributed by atoms with Gasteiger partial charge in [-0.2, -0.15) is 5.10 Å². The van der Waals surface area contributed by atoms with Crippen LogP contribution in [-0.2, 0) is 6.42 Å². The third-order valence-electron chi connectivity index (χ3n) is 3.81. The van der Waals surface area contributed by atoms with Crippen molar-refractivity contribution in [2.24, 2.45) is 0 Å². The molecule has 1 aromatic heterocycles. The van der Waals surface area contributed by atoms with Crippen molar-refractivity contribution in [3.63, 3.8) is 0 Å². The van der Waals surface area contributed by atoms with Crippen LogP contribution in [0.5, 0.6) is 0 Å². The number of carbonyl (C=O) groups is 1. The van der Waals surface area contributed by atoms with Crippen molar-refractivity contribution in [2.45, 2.75) is 51.0 Å². The van der Waals surface area contributed by atoms with Crippen molar-refractivity contribution in [2.75, 3.05) is 12.3 Å². The maximum absolute atomic E-state index is 12.0. The lowest BCUT2D eigenvalue weighted by molar-refractivity contribution is 0.00522. The number of hydrogen-bond donors (Lipinski definition) is 4. The highest BCUT2D eigenvalue weighted by atomic mass is 16.3. The van der Waals surface area contributed by atoms with Gasteiger partial charge in [0.05, 0.1) is 17.0 Å². The third kappa shape index (κ3) is 3.07. The summed E-state index contributed by atoms with van der Waals surface area (Å²) >= 11 is 0. The Morgan fingerprint density at radius 1 is 1.47 bits per heavy atom. The van der Waals surface area contributed by atoms with Crippen LogP contribution in [0.2, 0.25) is 0 Å². The number of nitrogen functional groups attached to an aromatic ring is 1. The highest BCUT2D eigenvalue weighted by molar-refractivity contribution is 5.97. The average Bonchev–Trinajstić information content (AvgIpc) is 2.78. The molecule has 1 fully saturated rings. The summed E-state index contributed by atoms with van der Waals surface area (Å²) in [5, 5.41) is 19.7. The number of amides is 1. The summed E-state index contributed by atoms with van der Waals surface area (Å²) in [5.74, 6) is -0.326. The Morgan fingerprint density at radius 3 is 2.74 bits per heavy atom. The molecule has 1 saturated carbocycles. The first-order valence-electron chi connectivity index (χ1n) is 6.89. The molecule has 0 bridgehead atoms. The minimum Gasteiger partial charge on any atom is -0.395 e. The number of nitrogens with zero attached hydrogens (tertiary/aromatic N) is 1. The van der Waals surface area contributed by atoms with Crippen molar-refractivity contribution >= 4 is 11.6 Å². The van der Waals surface area contributed by atoms with Crippen LogP contribution in [0.25, 0.3) is 0 Å². The fourth-order valence-electron chi connectivity index (χ4n) is 2.54. The number of carbonyl (C=O) groups excluding carboxylic acids is 1. The van der Waals surface area contributed by atoms with Crippen LogP contribution < -0.4 is 11.1 Å². The molecule has 0 saturated heterocycles. The summed E-state index contributed by atoms with van der Waals surface area (Å²) in [7, 11) is 0. The van der Waals surface area contributed by atoms with E-state index in [0.29, 0.717) is 12.1 Å². The second kappa shape index (κ2) is 5.61. The first-order valence-corrected chi connectivity index (χ1v) is 6.89. The lowest BCUT2D eigenvalue weighted by atomic mass is 9.85. The van der Waals surface area contributed by atoms with Crippen LogP contribution in [0.15, 0.2) is 0 Å². The Hall–Kier alpha value is -1.56. The summed E-state index contributed by atoms with van der Waals surface area (Å²) in [6.45, 7) is 2.20. The molecule has 6 nitrogen and oxygen atoms in total. The van der Waals surface area contributed by atoms with Crippen LogP contribution >= 0.6 is 0 Å². The van der Waals surface area contributed by atoms with Gasteiger partial charge in [-0.15, -0.1) is 0 Å². The van der Waals surface area contributed by atoms with Crippen molar-refractivity contribution in [1.82, 2.24) is 15.5 Å². The van der Waals surface area contributed by atoms with Crippen LogP contribution in [0.3, 0.4) is 0 Å². The molecule has 1 amide bonds. The number of aryl methyl sites for hydroxylation is 1. The van der Waals surface area contributed by atoms with Crippen molar-refractivity contribution in [3.05, 3.63) is 11.4 Å². The number of nitrogens with one attached hydrogen (secondary N) is 2. The molecule has 0 atom stereocenters. The van der Waals surface area contributed by atoms with Gasteiger partial charge in [0, 0.05) is 6.54 Å². The molecular formula is C13H22N4O2. The number of aromatic amines is 1. The molecule has 0 spiro atoms. The summed E-state index contributed by atoms with van der Waals surface area (Å²) < 4.78 is 0. The number of rotatable bonds is 4. The molecule has 1 aliphatic carbocycles. The van der Waals surface area contributed by atoms with Gasteiger partial charge in [0.1, 0.15) is 0 Å². The highest BCUT2D eigenvalue weighted by Gasteiger charge is 2.30. The van der Waals surface area contributed by atoms with E-state index in [4.69, 9.17) is 5.73 Å². The van der Waals surface area contributed by atoms with Gasteiger partial charge in [-0.1, -0.05) is 26.2 Å². The predicted molar refractivity (Wildman–Crippen MR) is 72.7 cm³/mol. The van der Waals surface area contributed by atoms with Gasteiger partial charge in [-0.05, 0) is 19.3 Å². The third-order valence-corrected chi connectivity index (χ3v) is 3.81. The van der Waals surface area contributed by atoms with Crippen molar-refractivity contribution in [1.29, 1.82) is 0 Å². The Bertz CT molecular complexity index is 449. The molecule has 1 aromatic rings. The lowest BCUT2D eigenvalue weighted by Crippen LogP contribution is -2.44. The van der Waals surface area contributed by atoms with E-state index in [1.54, 1.807) is 0 Å². The normalized spacial score (nSPS) is 18.2. The van der Waals surface area contributed by atoms with Crippen LogP contribution in [0, 0.1) is 0 Å². The van der Waals surface area contributed by atoms with E-state index in [1.165, 1.54) is 0 Å². The quantitative estimate of drug-likeness (QED) is 0.652. The molecule has 0 radical (unpaired) electrons. The second-order valence-electron chi connectivity index (χ2n) is 5.29. The smallest absolute Gasteiger partial charge is 0.274 e. The second-order valence-corrected chi connectivity index (χ2v) is 5.29. The maximum atomic E-state index is 12.0. The molecule has 0 aliphatic heterocycles. The Kier molecular flexibility index (Phi) is 4.09. The average molecular weight is 266 g/mol. The monoisotopic (exact) mass is 266 g/mol. The molecule has 1 aliphatic rings. The minimum absolute atomic E-state index is 0.219. The first-order chi connectivity index (χ1) is 9.06. The van der Waals surface area contributed by atoms with E-state index in [2.05, 4.69) is 15.5 Å². The zero-order valence-electron chi connectivity index (χ0n) is 11.3. The van der Waals surface area contributed by atoms with Gasteiger partial charge in [0.25, 0.3) is 5.91 Å². The standard InChI is InChI=1S/C13H22N4O2/c1-2-9-10(14)11(17-16-9)12(18)15-8-13(19)6-4-3-5-7-13/h19H,2-8,14H2,1H3,(H,15,18)(H,16,17). The van der Waals surface area contributed by atoms with Gasteiger partial charge in [-0.25, -0.2) is 0 Å². The number of anilines is 1.